The molecule has 1 aromatic carbocycles. The summed E-state index contributed by atoms with van der Waals surface area (Å²) in [6.45, 7) is 7.61. The Morgan fingerprint density at radius 2 is 2.05 bits per heavy atom. The number of hydrogen-bond donors (Lipinski definition) is 2. The summed E-state index contributed by atoms with van der Waals surface area (Å²) in [6, 6.07) is 5.86. The highest BCUT2D eigenvalue weighted by atomic mass is 16.4. The van der Waals surface area contributed by atoms with Gasteiger partial charge >= 0.3 is 5.97 Å². The molecule has 0 radical (unpaired) electrons. The van der Waals surface area contributed by atoms with Gasteiger partial charge in [0.25, 0.3) is 0 Å². The minimum absolute atomic E-state index is 0.0717. The Hall–Kier alpha value is -1.81. The van der Waals surface area contributed by atoms with E-state index >= 15 is 0 Å². The maximum Gasteiger partial charge on any atom is 0.337 e. The molecule has 0 saturated heterocycles. The van der Waals surface area contributed by atoms with E-state index in [2.05, 4.69) is 26.8 Å². The molecule has 0 spiro atoms. The van der Waals surface area contributed by atoms with Gasteiger partial charge in [0.2, 0.25) is 0 Å². The van der Waals surface area contributed by atoms with Gasteiger partial charge in [0.1, 0.15) is 0 Å². The van der Waals surface area contributed by atoms with Crippen LogP contribution in [0, 0.1) is 0 Å². The van der Waals surface area contributed by atoms with Crippen LogP contribution in [0.5, 0.6) is 0 Å². The van der Waals surface area contributed by atoms with Gasteiger partial charge in [-0.1, -0.05) is 20.8 Å². The number of aryl methyl sites for hydroxylation is 1. The fourth-order valence-electron chi connectivity index (χ4n) is 2.39. The van der Waals surface area contributed by atoms with Crippen LogP contribution in [0.2, 0.25) is 0 Å². The average Bonchev–Trinajstić information content (AvgIpc) is 2.77. The molecule has 2 aromatic rings. The maximum absolute atomic E-state index is 11.6. The van der Waals surface area contributed by atoms with E-state index < -0.39 is 5.97 Å². The summed E-state index contributed by atoms with van der Waals surface area (Å²) in [5.74, 6) is -0.881. The molecule has 0 saturated carbocycles. The molecule has 1 heterocycles. The number of aromatic nitrogens is 1. The summed E-state index contributed by atoms with van der Waals surface area (Å²) < 4.78 is 1.98. The van der Waals surface area contributed by atoms with E-state index in [0.29, 0.717) is 12.1 Å². The molecule has 0 atom stereocenters. The first-order valence-electron chi connectivity index (χ1n) is 6.91. The molecule has 108 valence electrons. The SMILES string of the molecule is CC(C)(C)c1cc(C(=O)O)c2c(ccn2CCCN)c1. The van der Waals surface area contributed by atoms with Crippen molar-refractivity contribution in [1.29, 1.82) is 0 Å². The van der Waals surface area contributed by atoms with Crippen molar-refractivity contribution in [2.24, 2.45) is 5.73 Å². The van der Waals surface area contributed by atoms with E-state index in [-0.39, 0.29) is 5.41 Å². The number of fused-ring (bicyclic) bond motifs is 1. The number of benzene rings is 1. The van der Waals surface area contributed by atoms with Crippen molar-refractivity contribution < 1.29 is 9.90 Å². The minimum atomic E-state index is -0.881. The van der Waals surface area contributed by atoms with Gasteiger partial charge in [-0.15, -0.1) is 0 Å². The second-order valence-electron chi connectivity index (χ2n) is 6.17. The van der Waals surface area contributed by atoms with Crippen LogP contribution in [0.4, 0.5) is 0 Å². The summed E-state index contributed by atoms with van der Waals surface area (Å²) in [5, 5.41) is 10.5. The molecular weight excluding hydrogens is 252 g/mol. The first-order chi connectivity index (χ1) is 9.34. The average molecular weight is 274 g/mol. The zero-order valence-corrected chi connectivity index (χ0v) is 12.3. The Morgan fingerprint density at radius 1 is 1.35 bits per heavy atom. The van der Waals surface area contributed by atoms with Gasteiger partial charge in [0.15, 0.2) is 0 Å². The molecule has 20 heavy (non-hydrogen) atoms. The van der Waals surface area contributed by atoms with Crippen LogP contribution in [0.15, 0.2) is 24.4 Å². The lowest BCUT2D eigenvalue weighted by atomic mass is 9.85. The topological polar surface area (TPSA) is 68.2 Å². The molecule has 0 bridgehead atoms. The normalized spacial score (nSPS) is 12.0. The molecule has 0 unspecified atom stereocenters. The summed E-state index contributed by atoms with van der Waals surface area (Å²) in [6.07, 6.45) is 2.78. The summed E-state index contributed by atoms with van der Waals surface area (Å²) in [4.78, 5) is 11.6. The van der Waals surface area contributed by atoms with E-state index in [1.807, 2.05) is 16.8 Å². The second kappa shape index (κ2) is 5.29. The third-order valence-electron chi connectivity index (χ3n) is 3.56. The van der Waals surface area contributed by atoms with E-state index in [1.165, 1.54) is 0 Å². The van der Waals surface area contributed by atoms with Gasteiger partial charge in [-0.2, -0.15) is 0 Å². The van der Waals surface area contributed by atoms with Crippen molar-refractivity contribution in [2.45, 2.75) is 39.2 Å². The number of carbonyl (C=O) groups is 1. The number of hydrogen-bond acceptors (Lipinski definition) is 2. The van der Waals surface area contributed by atoms with Crippen molar-refractivity contribution in [1.82, 2.24) is 4.57 Å². The summed E-state index contributed by atoms with van der Waals surface area (Å²) >= 11 is 0. The highest BCUT2D eigenvalue weighted by Crippen LogP contribution is 2.30. The molecule has 4 heteroatoms. The number of nitrogens with two attached hydrogens (primary N) is 1. The first-order valence-corrected chi connectivity index (χ1v) is 6.91. The predicted octanol–water partition coefficient (Wildman–Crippen LogP) is 2.99. The molecule has 0 amide bonds. The fourth-order valence-corrected chi connectivity index (χ4v) is 2.39. The maximum atomic E-state index is 11.6. The van der Waals surface area contributed by atoms with E-state index in [1.54, 1.807) is 6.07 Å². The molecule has 0 aliphatic rings. The van der Waals surface area contributed by atoms with Crippen molar-refractivity contribution in [3.63, 3.8) is 0 Å². The lowest BCUT2D eigenvalue weighted by Gasteiger charge is -2.20. The first kappa shape index (κ1) is 14.6. The van der Waals surface area contributed by atoms with Gasteiger partial charge in [-0.25, -0.2) is 4.79 Å². The van der Waals surface area contributed by atoms with Gasteiger partial charge in [-0.05, 0) is 42.1 Å². The Bertz CT molecular complexity index is 636. The Balaban J connectivity index is 2.65. The van der Waals surface area contributed by atoms with Crippen LogP contribution in [0.3, 0.4) is 0 Å². The fraction of sp³-hybridized carbons (Fsp3) is 0.438. The monoisotopic (exact) mass is 274 g/mol. The number of nitrogens with zero attached hydrogens (tertiary/aromatic N) is 1. The number of rotatable bonds is 4. The summed E-state index contributed by atoms with van der Waals surface area (Å²) in [5.41, 5.74) is 7.67. The standard InChI is InChI=1S/C16H22N2O2/c1-16(2,3)12-9-11-5-8-18(7-4-6-17)14(11)13(10-12)15(19)20/h5,8-10H,4,6-7,17H2,1-3H3,(H,19,20). The van der Waals surface area contributed by atoms with Crippen molar-refractivity contribution in [3.05, 3.63) is 35.5 Å². The molecule has 0 fully saturated rings. The van der Waals surface area contributed by atoms with Gasteiger partial charge in [0.05, 0.1) is 11.1 Å². The third-order valence-corrected chi connectivity index (χ3v) is 3.56. The second-order valence-corrected chi connectivity index (χ2v) is 6.17. The smallest absolute Gasteiger partial charge is 0.337 e. The Labute approximate surface area is 119 Å². The highest BCUT2D eigenvalue weighted by Gasteiger charge is 2.20. The lowest BCUT2D eigenvalue weighted by molar-refractivity contribution is 0.0698. The quantitative estimate of drug-likeness (QED) is 0.900. The van der Waals surface area contributed by atoms with Crippen molar-refractivity contribution >= 4 is 16.9 Å². The minimum Gasteiger partial charge on any atom is -0.478 e. The summed E-state index contributed by atoms with van der Waals surface area (Å²) in [7, 11) is 0. The molecular formula is C16H22N2O2. The van der Waals surface area contributed by atoms with Gasteiger partial charge in [-0.3, -0.25) is 0 Å². The van der Waals surface area contributed by atoms with E-state index in [4.69, 9.17) is 5.73 Å². The van der Waals surface area contributed by atoms with Crippen LogP contribution in [-0.4, -0.2) is 22.2 Å². The highest BCUT2D eigenvalue weighted by molar-refractivity contribution is 6.03. The van der Waals surface area contributed by atoms with Crippen LogP contribution >= 0.6 is 0 Å². The van der Waals surface area contributed by atoms with E-state index in [0.717, 1.165) is 29.4 Å². The van der Waals surface area contributed by atoms with Crippen LogP contribution in [0.25, 0.3) is 10.9 Å². The van der Waals surface area contributed by atoms with Crippen molar-refractivity contribution in [3.8, 4) is 0 Å². The van der Waals surface area contributed by atoms with Crippen LogP contribution < -0.4 is 5.73 Å². The Morgan fingerprint density at radius 3 is 2.60 bits per heavy atom. The number of carboxylic acid groups (broad SMARTS) is 1. The third kappa shape index (κ3) is 2.70. The number of carboxylic acids is 1. The molecule has 0 aliphatic heterocycles. The van der Waals surface area contributed by atoms with Crippen LogP contribution in [0.1, 0.15) is 43.1 Å². The molecule has 3 N–H and O–H groups in total. The molecule has 4 nitrogen and oxygen atoms in total. The van der Waals surface area contributed by atoms with Gasteiger partial charge in [0, 0.05) is 18.1 Å². The molecule has 2 rings (SSSR count). The van der Waals surface area contributed by atoms with Crippen LogP contribution in [-0.2, 0) is 12.0 Å². The van der Waals surface area contributed by atoms with E-state index in [9.17, 15) is 9.90 Å². The Kier molecular flexibility index (Phi) is 3.86. The number of aromatic carboxylic acids is 1. The molecule has 1 aromatic heterocycles. The molecule has 0 aliphatic carbocycles. The zero-order valence-electron chi connectivity index (χ0n) is 12.3. The van der Waals surface area contributed by atoms with Gasteiger partial charge < -0.3 is 15.4 Å². The predicted molar refractivity (Wildman–Crippen MR) is 81.3 cm³/mol. The zero-order chi connectivity index (χ0) is 14.9. The lowest BCUT2D eigenvalue weighted by Crippen LogP contribution is -2.13. The largest absolute Gasteiger partial charge is 0.478 e. The van der Waals surface area contributed by atoms with Crippen molar-refractivity contribution in [2.75, 3.05) is 6.54 Å².